The molecule has 148 valence electrons. The Morgan fingerprint density at radius 2 is 1.72 bits per heavy atom. The van der Waals surface area contributed by atoms with Crippen LogP contribution in [0.25, 0.3) is 11.4 Å². The molecule has 0 spiro atoms. The van der Waals surface area contributed by atoms with Gasteiger partial charge in [-0.25, -0.2) is 9.97 Å². The first-order valence-corrected chi connectivity index (χ1v) is 10.5. The lowest BCUT2D eigenvalue weighted by Crippen LogP contribution is -2.14. The molecule has 3 aromatic rings. The Hall–Kier alpha value is -2.72. The van der Waals surface area contributed by atoms with Crippen molar-refractivity contribution < 1.29 is 4.79 Å². The van der Waals surface area contributed by atoms with E-state index in [1.165, 1.54) is 29.7 Å². The van der Waals surface area contributed by atoms with E-state index in [2.05, 4.69) is 12.1 Å². The maximum absolute atomic E-state index is 11.1. The summed E-state index contributed by atoms with van der Waals surface area (Å²) < 4.78 is 0. The van der Waals surface area contributed by atoms with E-state index in [-0.39, 0.29) is 12.3 Å². The van der Waals surface area contributed by atoms with E-state index in [0.717, 1.165) is 48.3 Å². The second kappa shape index (κ2) is 8.75. The van der Waals surface area contributed by atoms with Crippen LogP contribution in [0.1, 0.15) is 40.9 Å². The summed E-state index contributed by atoms with van der Waals surface area (Å²) in [6, 6.07) is 15.8. The number of aromatic nitrogens is 2. The summed E-state index contributed by atoms with van der Waals surface area (Å²) in [7, 11) is 0. The zero-order valence-corrected chi connectivity index (χ0v) is 17.1. The van der Waals surface area contributed by atoms with Gasteiger partial charge in [0, 0.05) is 22.0 Å². The molecule has 0 atom stereocenters. The third kappa shape index (κ3) is 4.83. The number of aryl methyl sites for hydroxylation is 3. The molecule has 2 aromatic carbocycles. The second-order valence-electron chi connectivity index (χ2n) is 7.60. The molecule has 4 nitrogen and oxygen atoms in total. The lowest BCUT2D eigenvalue weighted by molar-refractivity contribution is -0.117. The zero-order chi connectivity index (χ0) is 20.2. The maximum Gasteiger partial charge on any atom is 0.221 e. The Morgan fingerprint density at radius 1 is 0.966 bits per heavy atom. The molecule has 0 saturated carbocycles. The number of hydrogen-bond acceptors (Lipinski definition) is 3. The Kier molecular flexibility index (Phi) is 5.91. The predicted molar refractivity (Wildman–Crippen MR) is 116 cm³/mol. The van der Waals surface area contributed by atoms with E-state index in [4.69, 9.17) is 27.3 Å². The molecule has 1 aromatic heterocycles. The quantitative estimate of drug-likeness (QED) is 0.656. The molecule has 0 radical (unpaired) electrons. The highest BCUT2D eigenvalue weighted by atomic mass is 35.5. The van der Waals surface area contributed by atoms with Gasteiger partial charge in [-0.2, -0.15) is 0 Å². The van der Waals surface area contributed by atoms with E-state index in [1.54, 1.807) is 0 Å². The van der Waals surface area contributed by atoms with Gasteiger partial charge < -0.3 is 5.73 Å². The van der Waals surface area contributed by atoms with Crippen LogP contribution in [0, 0.1) is 0 Å². The molecule has 2 N–H and O–H groups in total. The van der Waals surface area contributed by atoms with Crippen molar-refractivity contribution in [3.8, 4) is 11.4 Å². The standard InChI is InChI=1S/C24H24ClN3O/c25-19-5-3-4-18(15-19)24-27-21-7-2-1-6-20(21)22(28-24)13-12-16-8-10-17(11-9-16)14-23(26)29/h3-5,8-11,15H,1-2,6-7,12-14H2,(H2,26,29). The Morgan fingerprint density at radius 3 is 2.48 bits per heavy atom. The number of fused-ring (bicyclic) bond motifs is 1. The Bertz CT molecular complexity index is 1030. The number of rotatable bonds is 6. The van der Waals surface area contributed by atoms with E-state index in [0.29, 0.717) is 5.02 Å². The van der Waals surface area contributed by atoms with E-state index < -0.39 is 0 Å². The first kappa shape index (κ1) is 19.6. The van der Waals surface area contributed by atoms with Gasteiger partial charge in [-0.15, -0.1) is 0 Å². The van der Waals surface area contributed by atoms with E-state index in [1.807, 2.05) is 36.4 Å². The smallest absolute Gasteiger partial charge is 0.221 e. The third-order valence-electron chi connectivity index (χ3n) is 5.40. The number of hydrogen-bond donors (Lipinski definition) is 1. The van der Waals surface area contributed by atoms with Crippen LogP contribution < -0.4 is 5.73 Å². The van der Waals surface area contributed by atoms with Gasteiger partial charge in [-0.05, 0) is 67.3 Å². The molecule has 0 saturated heterocycles. The van der Waals surface area contributed by atoms with Gasteiger partial charge in [-0.1, -0.05) is 48.0 Å². The highest BCUT2D eigenvalue weighted by molar-refractivity contribution is 6.30. The molecule has 4 rings (SSSR count). The summed E-state index contributed by atoms with van der Waals surface area (Å²) in [6.45, 7) is 0. The summed E-state index contributed by atoms with van der Waals surface area (Å²) in [4.78, 5) is 20.9. The van der Waals surface area contributed by atoms with Crippen molar-refractivity contribution in [3.05, 3.63) is 81.6 Å². The first-order chi connectivity index (χ1) is 14.1. The minimum Gasteiger partial charge on any atom is -0.369 e. The van der Waals surface area contributed by atoms with E-state index in [9.17, 15) is 4.79 Å². The fraction of sp³-hybridized carbons (Fsp3) is 0.292. The number of nitrogens with zero attached hydrogens (tertiary/aromatic N) is 2. The van der Waals surface area contributed by atoms with Gasteiger partial charge in [-0.3, -0.25) is 4.79 Å². The highest BCUT2D eigenvalue weighted by Crippen LogP contribution is 2.27. The highest BCUT2D eigenvalue weighted by Gasteiger charge is 2.18. The molecular weight excluding hydrogens is 382 g/mol. The predicted octanol–water partition coefficient (Wildman–Crippen LogP) is 4.49. The largest absolute Gasteiger partial charge is 0.369 e. The number of nitrogens with two attached hydrogens (primary N) is 1. The van der Waals surface area contributed by atoms with Crippen molar-refractivity contribution in [2.75, 3.05) is 0 Å². The van der Waals surface area contributed by atoms with Crippen LogP contribution in [0.5, 0.6) is 0 Å². The van der Waals surface area contributed by atoms with Crippen LogP contribution in [0.3, 0.4) is 0 Å². The van der Waals surface area contributed by atoms with Crippen LogP contribution in [-0.2, 0) is 36.9 Å². The molecule has 0 bridgehead atoms. The van der Waals surface area contributed by atoms with Crippen molar-refractivity contribution in [3.63, 3.8) is 0 Å². The summed E-state index contributed by atoms with van der Waals surface area (Å²) in [6.07, 6.45) is 6.49. The van der Waals surface area contributed by atoms with Crippen LogP contribution in [0.15, 0.2) is 48.5 Å². The van der Waals surface area contributed by atoms with E-state index >= 15 is 0 Å². The number of carbonyl (C=O) groups excluding carboxylic acids is 1. The number of halogens is 1. The molecule has 1 amide bonds. The van der Waals surface area contributed by atoms with Crippen LogP contribution >= 0.6 is 11.6 Å². The average molecular weight is 406 g/mol. The second-order valence-corrected chi connectivity index (χ2v) is 8.03. The SMILES string of the molecule is NC(=O)Cc1ccc(CCc2nc(-c3cccc(Cl)c3)nc3c2CCCC3)cc1. The van der Waals surface area contributed by atoms with Crippen molar-refractivity contribution in [1.82, 2.24) is 9.97 Å². The molecular formula is C24H24ClN3O. The lowest BCUT2D eigenvalue weighted by Gasteiger charge is -2.19. The molecule has 1 aliphatic rings. The van der Waals surface area contributed by atoms with Crippen LogP contribution in [-0.4, -0.2) is 15.9 Å². The van der Waals surface area contributed by atoms with Crippen molar-refractivity contribution in [2.45, 2.75) is 44.9 Å². The summed E-state index contributed by atoms with van der Waals surface area (Å²) in [5.74, 6) is 0.457. The minimum absolute atomic E-state index is 0.280. The van der Waals surface area contributed by atoms with Gasteiger partial charge in [0.1, 0.15) is 0 Å². The van der Waals surface area contributed by atoms with Crippen LogP contribution in [0.2, 0.25) is 5.02 Å². The Labute approximate surface area is 176 Å². The number of primary amides is 1. The normalized spacial score (nSPS) is 13.1. The maximum atomic E-state index is 11.1. The first-order valence-electron chi connectivity index (χ1n) is 10.1. The average Bonchev–Trinajstić information content (AvgIpc) is 2.72. The van der Waals surface area contributed by atoms with Crippen molar-refractivity contribution >= 4 is 17.5 Å². The molecule has 0 unspecified atom stereocenters. The number of amides is 1. The number of benzene rings is 2. The fourth-order valence-electron chi connectivity index (χ4n) is 3.92. The Balaban J connectivity index is 1.59. The minimum atomic E-state index is -0.307. The molecule has 1 aliphatic carbocycles. The molecule has 0 aliphatic heterocycles. The third-order valence-corrected chi connectivity index (χ3v) is 5.64. The summed E-state index contributed by atoms with van der Waals surface area (Å²) >= 11 is 6.18. The van der Waals surface area contributed by atoms with Crippen molar-refractivity contribution in [1.29, 1.82) is 0 Å². The van der Waals surface area contributed by atoms with Gasteiger partial charge in [0.25, 0.3) is 0 Å². The van der Waals surface area contributed by atoms with Gasteiger partial charge >= 0.3 is 0 Å². The van der Waals surface area contributed by atoms with Gasteiger partial charge in [0.05, 0.1) is 6.42 Å². The molecule has 29 heavy (non-hydrogen) atoms. The van der Waals surface area contributed by atoms with Gasteiger partial charge in [0.2, 0.25) is 5.91 Å². The fourth-order valence-corrected chi connectivity index (χ4v) is 4.11. The lowest BCUT2D eigenvalue weighted by atomic mass is 9.92. The topological polar surface area (TPSA) is 68.9 Å². The zero-order valence-electron chi connectivity index (χ0n) is 16.3. The summed E-state index contributed by atoms with van der Waals surface area (Å²) in [5, 5.41) is 0.696. The van der Waals surface area contributed by atoms with Gasteiger partial charge in [0.15, 0.2) is 5.82 Å². The molecule has 1 heterocycles. The number of carbonyl (C=O) groups is 1. The van der Waals surface area contributed by atoms with Crippen LogP contribution in [0.4, 0.5) is 0 Å². The monoisotopic (exact) mass is 405 g/mol. The molecule has 0 fully saturated rings. The molecule has 5 heteroatoms. The summed E-state index contributed by atoms with van der Waals surface area (Å²) in [5.41, 5.74) is 12.1. The van der Waals surface area contributed by atoms with Crippen molar-refractivity contribution in [2.24, 2.45) is 5.73 Å².